The summed E-state index contributed by atoms with van der Waals surface area (Å²) in [6.45, 7) is 3.77. The maximum atomic E-state index is 12.9. The number of thiophene rings is 1. The minimum absolute atomic E-state index is 0.0752. The Bertz CT molecular complexity index is 1240. The molecule has 0 saturated carbocycles. The molecule has 2 aromatic carbocycles. The van der Waals surface area contributed by atoms with Crippen molar-refractivity contribution in [1.29, 1.82) is 0 Å². The molecule has 1 saturated heterocycles. The van der Waals surface area contributed by atoms with E-state index in [1.807, 2.05) is 24.3 Å². The van der Waals surface area contributed by atoms with E-state index in [1.165, 1.54) is 13.2 Å². The molecule has 34 heavy (non-hydrogen) atoms. The van der Waals surface area contributed by atoms with E-state index >= 15 is 0 Å². The second-order valence-corrected chi connectivity index (χ2v) is 11.0. The van der Waals surface area contributed by atoms with Crippen molar-refractivity contribution in [2.24, 2.45) is 0 Å². The van der Waals surface area contributed by atoms with Crippen LogP contribution in [-0.4, -0.2) is 48.8 Å². The molecule has 0 atom stereocenters. The number of hydrogen-bond acceptors (Lipinski definition) is 8. The molecular weight excluding hydrogens is 498 g/mol. The highest BCUT2D eigenvalue weighted by atomic mass is 35.5. The number of sulfonamides is 1. The van der Waals surface area contributed by atoms with E-state index in [0.29, 0.717) is 22.3 Å². The lowest BCUT2D eigenvalue weighted by atomic mass is 10.2. The quantitative estimate of drug-likeness (QED) is 0.436. The molecular formula is C23H26ClN3O5S2. The van der Waals surface area contributed by atoms with E-state index in [9.17, 15) is 8.42 Å². The van der Waals surface area contributed by atoms with Crippen LogP contribution in [0, 0.1) is 0 Å². The van der Waals surface area contributed by atoms with E-state index in [2.05, 4.69) is 14.9 Å². The van der Waals surface area contributed by atoms with Crippen LogP contribution in [-0.2, 0) is 16.6 Å². The van der Waals surface area contributed by atoms with Gasteiger partial charge in [-0.1, -0.05) is 35.1 Å². The predicted molar refractivity (Wildman–Crippen MR) is 134 cm³/mol. The Labute approximate surface area is 208 Å². The van der Waals surface area contributed by atoms with E-state index in [-0.39, 0.29) is 15.8 Å². The lowest BCUT2D eigenvalue weighted by molar-refractivity contribution is 0.354. The third kappa shape index (κ3) is 5.76. The van der Waals surface area contributed by atoms with Gasteiger partial charge < -0.3 is 24.4 Å². The molecule has 1 aliphatic rings. The van der Waals surface area contributed by atoms with Gasteiger partial charge in [-0.2, -0.15) is 0 Å². The van der Waals surface area contributed by atoms with Crippen molar-refractivity contribution < 1.29 is 22.6 Å². The van der Waals surface area contributed by atoms with Crippen molar-refractivity contribution in [1.82, 2.24) is 10.0 Å². The first-order valence-electron chi connectivity index (χ1n) is 10.6. The fourth-order valence-electron chi connectivity index (χ4n) is 3.55. The first kappa shape index (κ1) is 24.6. The maximum Gasteiger partial charge on any atom is 0.250 e. The van der Waals surface area contributed by atoms with Crippen LogP contribution >= 0.6 is 22.9 Å². The normalized spacial score (nSPS) is 14.1. The third-order valence-corrected chi connectivity index (χ3v) is 8.60. The van der Waals surface area contributed by atoms with Gasteiger partial charge in [-0.15, -0.1) is 0 Å². The van der Waals surface area contributed by atoms with E-state index in [4.69, 9.17) is 25.8 Å². The maximum absolute atomic E-state index is 12.9. The number of nitrogens with zero attached hydrogens (tertiary/aromatic N) is 1. The van der Waals surface area contributed by atoms with Gasteiger partial charge in [-0.3, -0.25) is 0 Å². The fraction of sp³-hybridized carbons (Fsp3) is 0.304. The molecule has 1 fully saturated rings. The number of methoxy groups -OCH3 is 2. The van der Waals surface area contributed by atoms with Crippen molar-refractivity contribution in [2.45, 2.75) is 10.8 Å². The summed E-state index contributed by atoms with van der Waals surface area (Å²) in [7, 11) is -0.724. The molecule has 0 aliphatic carbocycles. The number of piperazine rings is 1. The van der Waals surface area contributed by atoms with Crippen LogP contribution in [0.15, 0.2) is 52.7 Å². The number of nitrogens with one attached hydrogen (secondary N) is 2. The molecule has 1 aliphatic heterocycles. The van der Waals surface area contributed by atoms with Crippen molar-refractivity contribution in [3.63, 3.8) is 0 Å². The Morgan fingerprint density at radius 3 is 2.56 bits per heavy atom. The number of anilines is 1. The molecule has 0 amide bonds. The van der Waals surface area contributed by atoms with Gasteiger partial charge >= 0.3 is 0 Å². The Kier molecular flexibility index (Phi) is 7.84. The lowest BCUT2D eigenvalue weighted by Crippen LogP contribution is -2.43. The second kappa shape index (κ2) is 10.8. The third-order valence-electron chi connectivity index (χ3n) is 5.32. The van der Waals surface area contributed by atoms with Crippen LogP contribution < -0.4 is 29.1 Å². The highest BCUT2D eigenvalue weighted by Gasteiger charge is 2.21. The van der Waals surface area contributed by atoms with Crippen LogP contribution in [0.4, 0.5) is 5.69 Å². The van der Waals surface area contributed by atoms with Crippen molar-refractivity contribution >= 4 is 38.6 Å². The molecule has 0 radical (unpaired) electrons. The highest BCUT2D eigenvalue weighted by molar-refractivity contribution is 7.91. The van der Waals surface area contributed by atoms with Gasteiger partial charge in [0.25, 0.3) is 10.0 Å². The molecule has 4 rings (SSSR count). The smallest absolute Gasteiger partial charge is 0.250 e. The summed E-state index contributed by atoms with van der Waals surface area (Å²) in [6.07, 6.45) is 0. The van der Waals surface area contributed by atoms with Crippen molar-refractivity contribution in [2.75, 3.05) is 45.3 Å². The molecule has 0 spiro atoms. The summed E-state index contributed by atoms with van der Waals surface area (Å²) < 4.78 is 44.9. The zero-order valence-electron chi connectivity index (χ0n) is 18.8. The number of hydrogen-bond donors (Lipinski definition) is 2. The molecule has 0 bridgehead atoms. The van der Waals surface area contributed by atoms with Gasteiger partial charge in [-0.25, -0.2) is 13.1 Å². The summed E-state index contributed by atoms with van der Waals surface area (Å²) in [6, 6.07) is 14.3. The van der Waals surface area contributed by atoms with Crippen LogP contribution in [0.1, 0.15) is 5.56 Å². The number of halogens is 1. The summed E-state index contributed by atoms with van der Waals surface area (Å²) in [4.78, 5) is 2.27. The van der Waals surface area contributed by atoms with Gasteiger partial charge in [-0.05, 0) is 35.9 Å². The lowest BCUT2D eigenvalue weighted by Gasteiger charge is -2.29. The average Bonchev–Trinajstić information content (AvgIpc) is 3.24. The molecule has 182 valence electrons. The molecule has 3 aromatic rings. The van der Waals surface area contributed by atoms with E-state index < -0.39 is 10.0 Å². The van der Waals surface area contributed by atoms with Crippen LogP contribution in [0.5, 0.6) is 22.3 Å². The monoisotopic (exact) mass is 523 g/mol. The second-order valence-electron chi connectivity index (χ2n) is 7.55. The van der Waals surface area contributed by atoms with Crippen LogP contribution in [0.3, 0.4) is 0 Å². The Balaban J connectivity index is 1.46. The summed E-state index contributed by atoms with van der Waals surface area (Å²) >= 11 is 7.30. The highest BCUT2D eigenvalue weighted by Crippen LogP contribution is 2.40. The summed E-state index contributed by atoms with van der Waals surface area (Å²) in [5.74, 6) is 1.70. The molecule has 11 heteroatoms. The summed E-state index contributed by atoms with van der Waals surface area (Å²) in [5, 5.41) is 3.90. The van der Waals surface area contributed by atoms with Gasteiger partial charge in [0.05, 0.1) is 19.2 Å². The fourth-order valence-corrected chi connectivity index (χ4v) is 6.21. The first-order valence-corrected chi connectivity index (χ1v) is 13.3. The summed E-state index contributed by atoms with van der Waals surface area (Å²) in [5.41, 5.74) is 1.78. The average molecular weight is 524 g/mol. The number of benzene rings is 2. The van der Waals surface area contributed by atoms with Gasteiger partial charge in [0.1, 0.15) is 9.96 Å². The van der Waals surface area contributed by atoms with Crippen molar-refractivity contribution in [3.8, 4) is 22.3 Å². The Morgan fingerprint density at radius 1 is 1.06 bits per heavy atom. The topological polar surface area (TPSA) is 89.1 Å². The molecule has 1 aromatic heterocycles. The van der Waals surface area contributed by atoms with Crippen LogP contribution in [0.2, 0.25) is 5.02 Å². The SMILES string of the molecule is COc1ccc(CNS(=O)(=O)c2cc(Cl)c(Oc3cccc(N4CCNCC4)c3)s2)cc1OC. The van der Waals surface area contributed by atoms with E-state index in [1.54, 1.807) is 25.3 Å². The first-order chi connectivity index (χ1) is 16.4. The minimum Gasteiger partial charge on any atom is -0.493 e. The standard InChI is InChI=1S/C23H26ClN3O5S2/c1-30-20-7-6-16(12-21(20)31-2)15-26-34(28,29)22-14-19(24)23(33-22)32-18-5-3-4-17(13-18)27-10-8-25-9-11-27/h3-7,12-14,25-26H,8-11,15H2,1-2H3. The molecule has 0 unspecified atom stereocenters. The minimum atomic E-state index is -3.80. The number of ether oxygens (including phenoxy) is 3. The largest absolute Gasteiger partial charge is 0.493 e. The van der Waals surface area contributed by atoms with Gasteiger partial charge in [0, 0.05) is 44.5 Å². The van der Waals surface area contributed by atoms with Crippen molar-refractivity contribution in [3.05, 3.63) is 59.1 Å². The zero-order valence-corrected chi connectivity index (χ0v) is 21.2. The predicted octanol–water partition coefficient (Wildman–Crippen LogP) is 4.10. The van der Waals surface area contributed by atoms with Crippen LogP contribution in [0.25, 0.3) is 0 Å². The Hall–Kier alpha value is -2.50. The van der Waals surface area contributed by atoms with Gasteiger partial charge in [0.2, 0.25) is 5.06 Å². The Morgan fingerprint density at radius 2 is 1.82 bits per heavy atom. The van der Waals surface area contributed by atoms with Gasteiger partial charge in [0.15, 0.2) is 11.5 Å². The van der Waals surface area contributed by atoms with E-state index in [0.717, 1.165) is 48.8 Å². The zero-order chi connectivity index (χ0) is 24.1. The molecule has 2 N–H and O–H groups in total. The molecule has 2 heterocycles. The number of rotatable bonds is 9. The molecule has 8 nitrogen and oxygen atoms in total.